The molecule has 1 aromatic rings. The highest BCUT2D eigenvalue weighted by Crippen LogP contribution is 2.21. The van der Waals surface area contributed by atoms with Gasteiger partial charge in [0.25, 0.3) is 5.91 Å². The number of carbonyl (C=O) groups is 2. The van der Waals surface area contributed by atoms with Gasteiger partial charge in [0, 0.05) is 24.7 Å². The Kier molecular flexibility index (Phi) is 6.12. The molecule has 0 bridgehead atoms. The largest absolute Gasteiger partial charge is 0.480 e. The number of aliphatic carboxylic acids is 1. The van der Waals surface area contributed by atoms with Gasteiger partial charge in [0.15, 0.2) is 0 Å². The van der Waals surface area contributed by atoms with Gasteiger partial charge in [0.1, 0.15) is 12.4 Å². The molecule has 1 aliphatic rings. The maximum atomic E-state index is 13.0. The van der Waals surface area contributed by atoms with E-state index in [1.807, 2.05) is 0 Å². The monoisotopic (exact) mass is 372 g/mol. The fourth-order valence-electron chi connectivity index (χ4n) is 2.89. The first-order valence-electron chi connectivity index (χ1n) is 8.00. The molecule has 1 saturated heterocycles. The van der Waals surface area contributed by atoms with Gasteiger partial charge in [0.05, 0.1) is 5.75 Å². The van der Waals surface area contributed by atoms with Crippen LogP contribution >= 0.6 is 0 Å². The Hall–Kier alpha value is -2.00. The number of carboxylic acids is 1. The molecule has 138 valence electrons. The number of nitrogens with zero attached hydrogens (tertiary/aromatic N) is 2. The van der Waals surface area contributed by atoms with Crippen LogP contribution in [0.2, 0.25) is 0 Å². The predicted octanol–water partition coefficient (Wildman–Crippen LogP) is 1.17. The van der Waals surface area contributed by atoms with E-state index in [-0.39, 0.29) is 30.4 Å². The van der Waals surface area contributed by atoms with E-state index in [9.17, 15) is 22.4 Å². The van der Waals surface area contributed by atoms with Crippen LogP contribution in [0, 0.1) is 5.82 Å². The van der Waals surface area contributed by atoms with Crippen molar-refractivity contribution in [2.75, 3.05) is 25.4 Å². The molecule has 0 aromatic heterocycles. The van der Waals surface area contributed by atoms with Crippen LogP contribution in [-0.4, -0.2) is 66.0 Å². The van der Waals surface area contributed by atoms with Gasteiger partial charge in [-0.15, -0.1) is 0 Å². The molecule has 0 radical (unpaired) electrons. The average molecular weight is 372 g/mol. The van der Waals surface area contributed by atoms with Gasteiger partial charge in [-0.3, -0.25) is 9.59 Å². The molecule has 1 aliphatic heterocycles. The maximum absolute atomic E-state index is 13.0. The Morgan fingerprint density at radius 3 is 2.28 bits per heavy atom. The first-order valence-corrected chi connectivity index (χ1v) is 9.61. The fraction of sp³-hybridized carbons (Fsp3) is 0.500. The van der Waals surface area contributed by atoms with E-state index in [1.165, 1.54) is 21.3 Å². The van der Waals surface area contributed by atoms with E-state index in [0.29, 0.717) is 12.8 Å². The van der Waals surface area contributed by atoms with E-state index >= 15 is 0 Å². The van der Waals surface area contributed by atoms with Crippen molar-refractivity contribution in [1.29, 1.82) is 0 Å². The van der Waals surface area contributed by atoms with Crippen LogP contribution in [0.5, 0.6) is 0 Å². The predicted molar refractivity (Wildman–Crippen MR) is 89.1 cm³/mol. The average Bonchev–Trinajstić information content (AvgIpc) is 2.60. The second kappa shape index (κ2) is 7.92. The Bertz CT molecular complexity index is 727. The fourth-order valence-corrected chi connectivity index (χ4v) is 4.02. The van der Waals surface area contributed by atoms with Crippen LogP contribution in [0.15, 0.2) is 24.3 Å². The van der Waals surface area contributed by atoms with Crippen molar-refractivity contribution in [1.82, 2.24) is 9.21 Å². The summed E-state index contributed by atoms with van der Waals surface area (Å²) in [6.07, 6.45) is 0.721. The number of hydrogen-bond acceptors (Lipinski definition) is 4. The third-order valence-corrected chi connectivity index (χ3v) is 6.16. The van der Waals surface area contributed by atoms with Gasteiger partial charge < -0.3 is 10.0 Å². The number of piperidine rings is 1. The molecule has 9 heteroatoms. The zero-order chi connectivity index (χ0) is 18.6. The minimum atomic E-state index is -3.30. The third-order valence-electron chi connectivity index (χ3n) is 4.28. The topological polar surface area (TPSA) is 95.0 Å². The molecule has 1 aromatic carbocycles. The summed E-state index contributed by atoms with van der Waals surface area (Å²) in [6, 6.07) is 4.52. The summed E-state index contributed by atoms with van der Waals surface area (Å²) in [5, 5.41) is 9.11. The molecule has 2 rings (SSSR count). The smallest absolute Gasteiger partial charge is 0.323 e. The quantitative estimate of drug-likeness (QED) is 0.809. The lowest BCUT2D eigenvalue weighted by Gasteiger charge is -2.37. The number of halogens is 1. The molecule has 25 heavy (non-hydrogen) atoms. The number of sulfonamides is 1. The van der Waals surface area contributed by atoms with Gasteiger partial charge in [-0.05, 0) is 44.0 Å². The molecular weight excluding hydrogens is 351 g/mol. The zero-order valence-corrected chi connectivity index (χ0v) is 14.7. The summed E-state index contributed by atoms with van der Waals surface area (Å²) in [4.78, 5) is 25.0. The van der Waals surface area contributed by atoms with E-state index in [0.717, 1.165) is 12.1 Å². The van der Waals surface area contributed by atoms with Crippen molar-refractivity contribution in [2.45, 2.75) is 25.8 Å². The first-order chi connectivity index (χ1) is 11.7. The van der Waals surface area contributed by atoms with Crippen molar-refractivity contribution < 1.29 is 27.5 Å². The third kappa shape index (κ3) is 4.76. The normalized spacial score (nSPS) is 16.6. The molecular formula is C16H21FN2O5S. The highest BCUT2D eigenvalue weighted by molar-refractivity contribution is 7.89. The van der Waals surface area contributed by atoms with E-state index in [4.69, 9.17) is 5.11 Å². The summed E-state index contributed by atoms with van der Waals surface area (Å²) in [5.41, 5.74) is 0.200. The Labute approximate surface area is 146 Å². The van der Waals surface area contributed by atoms with Crippen molar-refractivity contribution in [3.05, 3.63) is 35.6 Å². The van der Waals surface area contributed by atoms with Crippen molar-refractivity contribution in [3.63, 3.8) is 0 Å². The lowest BCUT2D eigenvalue weighted by atomic mass is 10.0. The molecule has 0 saturated carbocycles. The Morgan fingerprint density at radius 2 is 1.80 bits per heavy atom. The standard InChI is InChI=1S/C16H21FN2O5S/c1-2-25(23,24)18-9-7-14(8-10-18)19(11-15(20)21)16(22)12-3-5-13(17)6-4-12/h3-6,14H,2,7-11H2,1H3,(H,20,21). The summed E-state index contributed by atoms with van der Waals surface area (Å²) in [5.74, 6) is -2.14. The Morgan fingerprint density at radius 1 is 1.24 bits per heavy atom. The number of hydrogen-bond donors (Lipinski definition) is 1. The van der Waals surface area contributed by atoms with Crippen molar-refractivity contribution >= 4 is 21.9 Å². The lowest BCUT2D eigenvalue weighted by molar-refractivity contribution is -0.138. The van der Waals surface area contributed by atoms with Gasteiger partial charge in [-0.25, -0.2) is 17.1 Å². The minimum Gasteiger partial charge on any atom is -0.480 e. The zero-order valence-electron chi connectivity index (χ0n) is 13.9. The SMILES string of the molecule is CCS(=O)(=O)N1CCC(N(CC(=O)O)C(=O)c2ccc(F)cc2)CC1. The summed E-state index contributed by atoms with van der Waals surface area (Å²) in [6.45, 7) is 1.57. The molecule has 1 N–H and O–H groups in total. The molecule has 7 nitrogen and oxygen atoms in total. The van der Waals surface area contributed by atoms with Gasteiger partial charge in [0.2, 0.25) is 10.0 Å². The first kappa shape index (κ1) is 19.3. The minimum absolute atomic E-state index is 0.00498. The number of carbonyl (C=O) groups excluding carboxylic acids is 1. The van der Waals surface area contributed by atoms with Gasteiger partial charge in [-0.2, -0.15) is 0 Å². The summed E-state index contributed by atoms with van der Waals surface area (Å²) in [7, 11) is -3.30. The molecule has 1 fully saturated rings. The Balaban J connectivity index is 2.14. The second-order valence-electron chi connectivity index (χ2n) is 5.86. The highest BCUT2D eigenvalue weighted by atomic mass is 32.2. The van der Waals surface area contributed by atoms with E-state index in [1.54, 1.807) is 6.92 Å². The van der Waals surface area contributed by atoms with Crippen molar-refractivity contribution in [2.24, 2.45) is 0 Å². The molecule has 1 heterocycles. The van der Waals surface area contributed by atoms with E-state index < -0.39 is 34.3 Å². The van der Waals surface area contributed by atoms with Crippen LogP contribution in [0.4, 0.5) is 4.39 Å². The number of amides is 1. The molecule has 0 spiro atoms. The van der Waals surface area contributed by atoms with Crippen molar-refractivity contribution in [3.8, 4) is 0 Å². The summed E-state index contributed by atoms with van der Waals surface area (Å²) >= 11 is 0. The molecule has 0 unspecified atom stereocenters. The molecule has 0 aliphatic carbocycles. The van der Waals surface area contributed by atoms with Gasteiger partial charge in [-0.1, -0.05) is 0 Å². The molecule has 1 amide bonds. The van der Waals surface area contributed by atoms with Gasteiger partial charge >= 0.3 is 5.97 Å². The summed E-state index contributed by atoms with van der Waals surface area (Å²) < 4.78 is 38.2. The number of benzene rings is 1. The lowest BCUT2D eigenvalue weighted by Crippen LogP contribution is -2.50. The van der Waals surface area contributed by atoms with Crippen LogP contribution < -0.4 is 0 Å². The second-order valence-corrected chi connectivity index (χ2v) is 8.12. The number of rotatable bonds is 6. The van der Waals surface area contributed by atoms with Crippen LogP contribution in [-0.2, 0) is 14.8 Å². The maximum Gasteiger partial charge on any atom is 0.323 e. The van der Waals surface area contributed by atoms with E-state index in [2.05, 4.69) is 0 Å². The van der Waals surface area contributed by atoms with Crippen LogP contribution in [0.3, 0.4) is 0 Å². The molecule has 0 atom stereocenters. The van der Waals surface area contributed by atoms with Crippen LogP contribution in [0.25, 0.3) is 0 Å². The highest BCUT2D eigenvalue weighted by Gasteiger charge is 2.33. The number of carboxylic acid groups (broad SMARTS) is 1. The van der Waals surface area contributed by atoms with Crippen LogP contribution in [0.1, 0.15) is 30.1 Å².